The highest BCUT2D eigenvalue weighted by atomic mass is 32.1. The number of halogens is 2. The summed E-state index contributed by atoms with van der Waals surface area (Å²) in [6.45, 7) is 0.630. The van der Waals surface area contributed by atoms with Crippen molar-refractivity contribution in [2.45, 2.75) is 19.8 Å². The fourth-order valence-electron chi connectivity index (χ4n) is 1.23. The van der Waals surface area contributed by atoms with E-state index in [1.54, 1.807) is 0 Å². The summed E-state index contributed by atoms with van der Waals surface area (Å²) in [5.41, 5.74) is 0.244. The summed E-state index contributed by atoms with van der Waals surface area (Å²) in [6.07, 6.45) is -2.71. The van der Waals surface area contributed by atoms with Crippen molar-refractivity contribution in [2.75, 3.05) is 18.5 Å². The highest BCUT2D eigenvalue weighted by molar-refractivity contribution is 7.11. The van der Waals surface area contributed by atoms with Gasteiger partial charge in [0.2, 0.25) is 5.91 Å². The van der Waals surface area contributed by atoms with E-state index in [2.05, 4.69) is 14.4 Å². The monoisotopic (exact) mass is 294 g/mol. The predicted molar refractivity (Wildman–Crippen MR) is 63.9 cm³/mol. The number of amides is 1. The first kappa shape index (κ1) is 15.4. The zero-order valence-electron chi connectivity index (χ0n) is 9.98. The average Bonchev–Trinajstić information content (AvgIpc) is 2.65. The van der Waals surface area contributed by atoms with Gasteiger partial charge in [0.25, 0.3) is 6.43 Å². The Morgan fingerprint density at radius 2 is 2.21 bits per heavy atom. The van der Waals surface area contributed by atoms with Gasteiger partial charge in [0.05, 0.1) is 18.7 Å². The minimum atomic E-state index is -2.58. The molecule has 19 heavy (non-hydrogen) atoms. The van der Waals surface area contributed by atoms with Crippen LogP contribution in [0.1, 0.15) is 22.5 Å². The number of hydrogen-bond acceptors (Lipinski definition) is 5. The maximum atomic E-state index is 11.8. The maximum Gasteiger partial charge on any atom is 0.340 e. The number of carboxylic acid groups (broad SMARTS) is 1. The van der Waals surface area contributed by atoms with Crippen LogP contribution < -0.4 is 5.32 Å². The van der Waals surface area contributed by atoms with Crippen molar-refractivity contribution in [3.8, 4) is 0 Å². The molecule has 0 aliphatic rings. The second kappa shape index (κ2) is 7.10. The van der Waals surface area contributed by atoms with Crippen LogP contribution in [0.3, 0.4) is 0 Å². The zero-order valence-corrected chi connectivity index (χ0v) is 10.8. The van der Waals surface area contributed by atoms with Crippen LogP contribution in [0.15, 0.2) is 0 Å². The Morgan fingerprint density at radius 3 is 2.79 bits per heavy atom. The Kier molecular flexibility index (Phi) is 5.77. The Balaban J connectivity index is 2.47. The lowest BCUT2D eigenvalue weighted by Gasteiger charge is -2.05. The number of ether oxygens (including phenoxy) is 1. The molecule has 0 aliphatic carbocycles. The van der Waals surface area contributed by atoms with Gasteiger partial charge < -0.3 is 15.2 Å². The third-order valence-electron chi connectivity index (χ3n) is 2.05. The molecule has 0 unspecified atom stereocenters. The number of nitrogens with one attached hydrogen (secondary N) is 1. The third-order valence-corrected chi connectivity index (χ3v) is 2.90. The lowest BCUT2D eigenvalue weighted by atomic mass is 10.2. The molecule has 1 aromatic heterocycles. The number of carboxylic acids is 1. The first-order valence-corrected chi connectivity index (χ1v) is 6.04. The van der Waals surface area contributed by atoms with Gasteiger partial charge in [0, 0.05) is 0 Å². The van der Waals surface area contributed by atoms with E-state index in [4.69, 9.17) is 5.11 Å². The van der Waals surface area contributed by atoms with Crippen molar-refractivity contribution in [2.24, 2.45) is 0 Å². The van der Waals surface area contributed by atoms with Crippen molar-refractivity contribution in [3.63, 3.8) is 0 Å². The van der Waals surface area contributed by atoms with Crippen molar-refractivity contribution < 1.29 is 28.2 Å². The molecule has 9 heteroatoms. The largest absolute Gasteiger partial charge is 0.478 e. The Morgan fingerprint density at radius 1 is 1.53 bits per heavy atom. The van der Waals surface area contributed by atoms with Gasteiger partial charge in [0.15, 0.2) is 0 Å². The minimum Gasteiger partial charge on any atom is -0.478 e. The lowest BCUT2D eigenvalue weighted by molar-refractivity contribution is -0.117. The molecular weight excluding hydrogens is 282 g/mol. The van der Waals surface area contributed by atoms with E-state index >= 15 is 0 Å². The molecule has 1 amide bonds. The molecule has 1 heterocycles. The molecule has 0 radical (unpaired) electrons. The molecule has 2 N–H and O–H groups in total. The van der Waals surface area contributed by atoms with Crippen molar-refractivity contribution in [1.82, 2.24) is 4.37 Å². The van der Waals surface area contributed by atoms with E-state index < -0.39 is 24.9 Å². The van der Waals surface area contributed by atoms with Crippen LogP contribution in [0.2, 0.25) is 0 Å². The molecule has 0 aliphatic heterocycles. The van der Waals surface area contributed by atoms with E-state index in [-0.39, 0.29) is 23.6 Å². The van der Waals surface area contributed by atoms with Gasteiger partial charge in [-0.05, 0) is 18.5 Å². The quantitative estimate of drug-likeness (QED) is 0.748. The van der Waals surface area contributed by atoms with Crippen LogP contribution in [0.4, 0.5) is 13.8 Å². The molecule has 0 fully saturated rings. The number of aromatic nitrogens is 1. The first-order chi connectivity index (χ1) is 8.91. The molecule has 106 valence electrons. The van der Waals surface area contributed by atoms with Gasteiger partial charge >= 0.3 is 5.97 Å². The summed E-state index contributed by atoms with van der Waals surface area (Å²) in [5, 5.41) is 11.4. The number of carbonyl (C=O) groups excluding carboxylic acids is 1. The van der Waals surface area contributed by atoms with Gasteiger partial charge in [-0.1, -0.05) is 0 Å². The summed E-state index contributed by atoms with van der Waals surface area (Å²) in [5.74, 6) is -1.70. The molecule has 0 saturated heterocycles. The SMILES string of the molecule is Cc1nsc(NC(=O)CCOCC(F)F)c1C(=O)O. The number of anilines is 1. The van der Waals surface area contributed by atoms with Gasteiger partial charge in [-0.2, -0.15) is 4.37 Å². The van der Waals surface area contributed by atoms with Crippen LogP contribution in [0, 0.1) is 6.92 Å². The first-order valence-electron chi connectivity index (χ1n) is 5.27. The van der Waals surface area contributed by atoms with E-state index in [1.807, 2.05) is 0 Å². The molecular formula is C10H12F2N2O4S. The molecule has 0 saturated carbocycles. The molecule has 1 aromatic rings. The molecule has 0 spiro atoms. The van der Waals surface area contributed by atoms with E-state index in [1.165, 1.54) is 6.92 Å². The van der Waals surface area contributed by atoms with Crippen LogP contribution in [-0.4, -0.2) is 41.0 Å². The summed E-state index contributed by atoms with van der Waals surface area (Å²) < 4.78 is 31.9. The maximum absolute atomic E-state index is 11.8. The number of alkyl halides is 2. The van der Waals surface area contributed by atoms with Gasteiger partial charge in [-0.3, -0.25) is 4.79 Å². The van der Waals surface area contributed by atoms with Crippen molar-refractivity contribution in [3.05, 3.63) is 11.3 Å². The van der Waals surface area contributed by atoms with E-state index in [0.29, 0.717) is 5.69 Å². The number of aryl methyl sites for hydroxylation is 1. The Bertz CT molecular complexity index is 464. The number of rotatable bonds is 7. The summed E-state index contributed by atoms with van der Waals surface area (Å²) in [4.78, 5) is 22.4. The van der Waals surface area contributed by atoms with E-state index in [9.17, 15) is 18.4 Å². The Hall–Kier alpha value is -1.61. The number of nitrogens with zero attached hydrogens (tertiary/aromatic N) is 1. The smallest absolute Gasteiger partial charge is 0.340 e. The zero-order chi connectivity index (χ0) is 14.4. The fraction of sp³-hybridized carbons (Fsp3) is 0.500. The molecule has 6 nitrogen and oxygen atoms in total. The predicted octanol–water partition coefficient (Wildman–Crippen LogP) is 1.76. The normalized spacial score (nSPS) is 10.7. The average molecular weight is 294 g/mol. The second-order valence-corrected chi connectivity index (χ2v) is 4.31. The van der Waals surface area contributed by atoms with Crippen molar-refractivity contribution in [1.29, 1.82) is 0 Å². The van der Waals surface area contributed by atoms with Crippen LogP contribution >= 0.6 is 11.5 Å². The molecule has 0 aromatic carbocycles. The fourth-order valence-corrected chi connectivity index (χ4v) is 2.04. The Labute approximate surface area is 111 Å². The van der Waals surface area contributed by atoms with Gasteiger partial charge in [0.1, 0.15) is 17.2 Å². The van der Waals surface area contributed by atoms with Crippen LogP contribution in [0.25, 0.3) is 0 Å². The minimum absolute atomic E-state index is 0.0631. The highest BCUT2D eigenvalue weighted by Gasteiger charge is 2.19. The standard InChI is InChI=1S/C10H12F2N2O4S/c1-5-8(10(16)17)9(19-14-5)13-7(15)2-3-18-4-6(11)12/h6H,2-4H2,1H3,(H,13,15)(H,16,17). The second-order valence-electron chi connectivity index (χ2n) is 3.54. The third kappa shape index (κ3) is 4.87. The topological polar surface area (TPSA) is 88.5 Å². The number of carbonyl (C=O) groups is 2. The van der Waals surface area contributed by atoms with Crippen LogP contribution in [0.5, 0.6) is 0 Å². The summed E-state index contributed by atoms with van der Waals surface area (Å²) in [7, 11) is 0. The van der Waals surface area contributed by atoms with Gasteiger partial charge in [-0.15, -0.1) is 0 Å². The molecule has 0 bridgehead atoms. The number of hydrogen-bond donors (Lipinski definition) is 2. The number of aromatic carboxylic acids is 1. The summed E-state index contributed by atoms with van der Waals surface area (Å²) >= 11 is 0.853. The summed E-state index contributed by atoms with van der Waals surface area (Å²) in [6, 6.07) is 0. The highest BCUT2D eigenvalue weighted by Crippen LogP contribution is 2.24. The van der Waals surface area contributed by atoms with E-state index in [0.717, 1.165) is 11.5 Å². The molecule has 0 atom stereocenters. The van der Waals surface area contributed by atoms with Crippen LogP contribution in [-0.2, 0) is 9.53 Å². The van der Waals surface area contributed by atoms with Gasteiger partial charge in [-0.25, -0.2) is 13.6 Å². The lowest BCUT2D eigenvalue weighted by Crippen LogP contribution is -2.16. The van der Waals surface area contributed by atoms with Crippen molar-refractivity contribution >= 4 is 28.4 Å². The molecule has 1 rings (SSSR count).